The van der Waals surface area contributed by atoms with Gasteiger partial charge in [0.15, 0.2) is 0 Å². The SMILES string of the molecule is CN1CCC(NCc2ccc(-n3ccnc3)cc2)CC1. The fourth-order valence-corrected chi connectivity index (χ4v) is 2.67. The number of nitrogens with one attached hydrogen (secondary N) is 1. The van der Waals surface area contributed by atoms with Gasteiger partial charge in [0.25, 0.3) is 0 Å². The number of aromatic nitrogens is 2. The molecule has 1 aliphatic rings. The standard InChI is InChI=1S/C16H22N4/c1-19-9-6-15(7-10-19)18-12-14-2-4-16(5-3-14)20-11-8-17-13-20/h2-5,8,11,13,15,18H,6-7,9-10,12H2,1H3. The minimum atomic E-state index is 0.666. The third-order valence-corrected chi connectivity index (χ3v) is 4.05. The lowest BCUT2D eigenvalue weighted by atomic mass is 10.1. The molecule has 1 aliphatic heterocycles. The summed E-state index contributed by atoms with van der Waals surface area (Å²) in [5, 5.41) is 3.67. The van der Waals surface area contributed by atoms with Gasteiger partial charge < -0.3 is 14.8 Å². The summed E-state index contributed by atoms with van der Waals surface area (Å²) in [6.45, 7) is 3.37. The Morgan fingerprint density at radius 3 is 2.60 bits per heavy atom. The molecule has 0 amide bonds. The van der Waals surface area contributed by atoms with Gasteiger partial charge in [-0.15, -0.1) is 0 Å². The van der Waals surface area contributed by atoms with Crippen molar-refractivity contribution in [2.75, 3.05) is 20.1 Å². The molecule has 3 rings (SSSR count). The van der Waals surface area contributed by atoms with E-state index in [0.29, 0.717) is 6.04 Å². The molecule has 2 aromatic rings. The van der Waals surface area contributed by atoms with E-state index in [1.165, 1.54) is 31.5 Å². The van der Waals surface area contributed by atoms with Crippen LogP contribution in [-0.2, 0) is 6.54 Å². The first kappa shape index (κ1) is 13.3. The zero-order chi connectivity index (χ0) is 13.8. The van der Waals surface area contributed by atoms with E-state index >= 15 is 0 Å². The monoisotopic (exact) mass is 270 g/mol. The van der Waals surface area contributed by atoms with Gasteiger partial charge in [-0.05, 0) is 50.7 Å². The van der Waals surface area contributed by atoms with Gasteiger partial charge in [-0.1, -0.05) is 12.1 Å². The fourth-order valence-electron chi connectivity index (χ4n) is 2.67. The average molecular weight is 270 g/mol. The number of piperidine rings is 1. The molecule has 0 atom stereocenters. The zero-order valence-electron chi connectivity index (χ0n) is 12.0. The van der Waals surface area contributed by atoms with Crippen molar-refractivity contribution >= 4 is 0 Å². The van der Waals surface area contributed by atoms with E-state index in [2.05, 4.69) is 46.5 Å². The van der Waals surface area contributed by atoms with Crippen LogP contribution < -0.4 is 5.32 Å². The molecule has 1 saturated heterocycles. The molecular weight excluding hydrogens is 248 g/mol. The molecule has 106 valence electrons. The zero-order valence-corrected chi connectivity index (χ0v) is 12.0. The summed E-state index contributed by atoms with van der Waals surface area (Å²) in [7, 11) is 2.20. The summed E-state index contributed by atoms with van der Waals surface area (Å²) in [4.78, 5) is 6.47. The lowest BCUT2D eigenvalue weighted by Gasteiger charge is -2.29. The predicted octanol–water partition coefficient (Wildman–Crippen LogP) is 2.06. The van der Waals surface area contributed by atoms with E-state index in [1.54, 1.807) is 6.20 Å². The highest BCUT2D eigenvalue weighted by Crippen LogP contribution is 2.12. The fraction of sp³-hybridized carbons (Fsp3) is 0.438. The Balaban J connectivity index is 1.53. The van der Waals surface area contributed by atoms with Crippen molar-refractivity contribution < 1.29 is 0 Å². The van der Waals surface area contributed by atoms with Crippen LogP contribution in [0.25, 0.3) is 5.69 Å². The Bertz CT molecular complexity index is 510. The van der Waals surface area contributed by atoms with Gasteiger partial charge in [-0.3, -0.25) is 0 Å². The quantitative estimate of drug-likeness (QED) is 0.923. The van der Waals surface area contributed by atoms with Gasteiger partial charge >= 0.3 is 0 Å². The van der Waals surface area contributed by atoms with Crippen molar-refractivity contribution in [3.8, 4) is 5.69 Å². The minimum absolute atomic E-state index is 0.666. The number of rotatable bonds is 4. The molecule has 0 aliphatic carbocycles. The molecular formula is C16H22N4. The van der Waals surface area contributed by atoms with Crippen molar-refractivity contribution in [2.24, 2.45) is 0 Å². The van der Waals surface area contributed by atoms with Crippen LogP contribution >= 0.6 is 0 Å². The Hall–Kier alpha value is -1.65. The van der Waals surface area contributed by atoms with Crippen LogP contribution in [-0.4, -0.2) is 40.6 Å². The first-order valence-electron chi connectivity index (χ1n) is 7.30. The van der Waals surface area contributed by atoms with E-state index in [9.17, 15) is 0 Å². The Kier molecular flexibility index (Phi) is 4.14. The third-order valence-electron chi connectivity index (χ3n) is 4.05. The smallest absolute Gasteiger partial charge is 0.0991 e. The molecule has 1 aromatic carbocycles. The summed E-state index contributed by atoms with van der Waals surface area (Å²) in [6, 6.07) is 9.34. The van der Waals surface area contributed by atoms with Crippen LogP contribution in [0.1, 0.15) is 18.4 Å². The maximum Gasteiger partial charge on any atom is 0.0991 e. The molecule has 2 heterocycles. The molecule has 1 N–H and O–H groups in total. The molecule has 0 bridgehead atoms. The number of nitrogens with zero attached hydrogens (tertiary/aromatic N) is 3. The first-order chi connectivity index (χ1) is 9.81. The van der Waals surface area contributed by atoms with Gasteiger partial charge in [0.2, 0.25) is 0 Å². The average Bonchev–Trinajstić information content (AvgIpc) is 3.01. The van der Waals surface area contributed by atoms with Crippen LogP contribution in [0.4, 0.5) is 0 Å². The normalized spacial score (nSPS) is 17.4. The topological polar surface area (TPSA) is 33.1 Å². The highest BCUT2D eigenvalue weighted by Gasteiger charge is 2.15. The molecule has 0 spiro atoms. The molecule has 0 radical (unpaired) electrons. The summed E-state index contributed by atoms with van der Waals surface area (Å²) in [5.74, 6) is 0. The van der Waals surface area contributed by atoms with E-state index in [-0.39, 0.29) is 0 Å². The van der Waals surface area contributed by atoms with Gasteiger partial charge in [0.05, 0.1) is 6.33 Å². The molecule has 20 heavy (non-hydrogen) atoms. The Morgan fingerprint density at radius 2 is 1.95 bits per heavy atom. The molecule has 1 aromatic heterocycles. The second-order valence-electron chi connectivity index (χ2n) is 5.59. The number of benzene rings is 1. The lowest BCUT2D eigenvalue weighted by Crippen LogP contribution is -2.40. The highest BCUT2D eigenvalue weighted by atomic mass is 15.1. The van der Waals surface area contributed by atoms with E-state index in [0.717, 1.165) is 12.2 Å². The molecule has 4 heteroatoms. The summed E-state index contributed by atoms with van der Waals surface area (Å²) in [6.07, 6.45) is 8.10. The predicted molar refractivity (Wildman–Crippen MR) is 80.9 cm³/mol. The van der Waals surface area contributed by atoms with Gasteiger partial charge in [-0.2, -0.15) is 0 Å². The number of hydrogen-bond donors (Lipinski definition) is 1. The summed E-state index contributed by atoms with van der Waals surface area (Å²) >= 11 is 0. The van der Waals surface area contributed by atoms with E-state index in [1.807, 2.05) is 17.1 Å². The van der Waals surface area contributed by atoms with Crippen molar-refractivity contribution in [2.45, 2.75) is 25.4 Å². The van der Waals surface area contributed by atoms with E-state index in [4.69, 9.17) is 0 Å². The largest absolute Gasteiger partial charge is 0.310 e. The van der Waals surface area contributed by atoms with Gasteiger partial charge in [0, 0.05) is 30.7 Å². The van der Waals surface area contributed by atoms with E-state index < -0.39 is 0 Å². The second-order valence-corrected chi connectivity index (χ2v) is 5.59. The maximum atomic E-state index is 4.07. The third kappa shape index (κ3) is 3.26. The van der Waals surface area contributed by atoms with Gasteiger partial charge in [0.1, 0.15) is 0 Å². The number of hydrogen-bond acceptors (Lipinski definition) is 3. The summed E-state index contributed by atoms with van der Waals surface area (Å²) < 4.78 is 2.02. The molecule has 0 unspecified atom stereocenters. The summed E-state index contributed by atoms with van der Waals surface area (Å²) in [5.41, 5.74) is 2.50. The van der Waals surface area contributed by atoms with Crippen molar-refractivity contribution in [1.29, 1.82) is 0 Å². The highest BCUT2D eigenvalue weighted by molar-refractivity contribution is 5.34. The number of likely N-dealkylation sites (tertiary alicyclic amines) is 1. The minimum Gasteiger partial charge on any atom is -0.310 e. The van der Waals surface area contributed by atoms with Crippen LogP contribution in [0.2, 0.25) is 0 Å². The molecule has 1 fully saturated rings. The second kappa shape index (κ2) is 6.20. The first-order valence-corrected chi connectivity index (χ1v) is 7.30. The lowest BCUT2D eigenvalue weighted by molar-refractivity contribution is 0.234. The van der Waals surface area contributed by atoms with Crippen molar-refractivity contribution in [1.82, 2.24) is 19.8 Å². The van der Waals surface area contributed by atoms with Crippen LogP contribution in [0, 0.1) is 0 Å². The Morgan fingerprint density at radius 1 is 1.20 bits per heavy atom. The molecule has 0 saturated carbocycles. The van der Waals surface area contributed by atoms with Crippen LogP contribution in [0.15, 0.2) is 43.0 Å². The van der Waals surface area contributed by atoms with Crippen molar-refractivity contribution in [3.63, 3.8) is 0 Å². The Labute approximate surface area is 120 Å². The molecule has 4 nitrogen and oxygen atoms in total. The number of imidazole rings is 1. The van der Waals surface area contributed by atoms with Gasteiger partial charge in [-0.25, -0.2) is 4.98 Å². The van der Waals surface area contributed by atoms with Crippen molar-refractivity contribution in [3.05, 3.63) is 48.5 Å². The maximum absolute atomic E-state index is 4.07. The van der Waals surface area contributed by atoms with Crippen LogP contribution in [0.3, 0.4) is 0 Å². The van der Waals surface area contributed by atoms with Crippen LogP contribution in [0.5, 0.6) is 0 Å².